The Hall–Kier alpha value is -3.27. The number of rotatable bonds is 67. The highest BCUT2D eigenvalue weighted by Gasteiger charge is 2.25. The first-order valence-electron chi connectivity index (χ1n) is 36.1. The fraction of sp³-hybridized carbons (Fsp3) is 0.803. The molecule has 0 fully saturated rings. The van der Waals surface area contributed by atoms with Gasteiger partial charge in [0.1, 0.15) is 13.2 Å². The molecule has 0 bridgehead atoms. The molecule has 0 spiro atoms. The van der Waals surface area contributed by atoms with E-state index < -0.39 is 24.3 Å². The minimum absolute atomic E-state index is 0.184. The van der Waals surface area contributed by atoms with Gasteiger partial charge in [-0.05, 0) is 83.5 Å². The first kappa shape index (κ1) is 81.7. The summed E-state index contributed by atoms with van der Waals surface area (Å²) in [6.07, 6.45) is 86.0. The third-order valence-electron chi connectivity index (χ3n) is 15.9. The summed E-state index contributed by atoms with van der Waals surface area (Å²) in [6.45, 7) is 4.80. The standard InChI is InChI=1S/C76H137NO8/c1-6-8-10-12-14-16-18-20-22-24-26-28-30-32-33-34-35-36-37-38-39-40-41-43-44-46-48-50-52-54-56-58-60-62-64-66-73(78)83-70-72(71-84-76(75(80)81)82-69-68-77(3,4)5)85-74(79)67-65-63-61-59-57-55-53-51-49-47-45-42-31-29-27-25-23-21-19-17-15-13-11-9-7-2/h9,11,15,17,21,23-24,26-27,29,42,45,72,76H,6-8,10,12-14,16,18-20,22,25,28,30-41,43-44,46-71H2,1-5H3/p+1/b11-9-,17-15-,23-21-,26-24-,29-27-,45-42-. The lowest BCUT2D eigenvalue weighted by molar-refractivity contribution is -0.870. The van der Waals surface area contributed by atoms with Crippen molar-refractivity contribution >= 4 is 17.9 Å². The van der Waals surface area contributed by atoms with Crippen molar-refractivity contribution in [3.8, 4) is 0 Å². The maximum Gasteiger partial charge on any atom is 0.361 e. The molecule has 2 atom stereocenters. The monoisotopic (exact) mass is 1190 g/mol. The van der Waals surface area contributed by atoms with Crippen molar-refractivity contribution < 1.29 is 42.9 Å². The molecule has 0 aliphatic rings. The number of allylic oxidation sites excluding steroid dienone is 12. The number of quaternary nitrogens is 1. The number of carbonyl (C=O) groups is 3. The van der Waals surface area contributed by atoms with Crippen LogP contribution in [0.5, 0.6) is 0 Å². The fourth-order valence-corrected chi connectivity index (χ4v) is 10.5. The Labute approximate surface area is 526 Å². The number of esters is 2. The second-order valence-corrected chi connectivity index (χ2v) is 25.5. The molecular weight excluding hydrogens is 1050 g/mol. The Morgan fingerprint density at radius 2 is 0.671 bits per heavy atom. The van der Waals surface area contributed by atoms with Crippen LogP contribution in [0, 0.1) is 0 Å². The van der Waals surface area contributed by atoms with E-state index in [1.807, 2.05) is 21.1 Å². The smallest absolute Gasteiger partial charge is 0.361 e. The summed E-state index contributed by atoms with van der Waals surface area (Å²) < 4.78 is 23.0. The van der Waals surface area contributed by atoms with Crippen molar-refractivity contribution in [2.75, 3.05) is 47.5 Å². The Bertz CT molecular complexity index is 1620. The van der Waals surface area contributed by atoms with Crippen LogP contribution in [0.3, 0.4) is 0 Å². The van der Waals surface area contributed by atoms with Gasteiger partial charge in [-0.15, -0.1) is 0 Å². The third kappa shape index (κ3) is 68.1. The van der Waals surface area contributed by atoms with Crippen molar-refractivity contribution in [3.63, 3.8) is 0 Å². The van der Waals surface area contributed by atoms with Crippen LogP contribution in [0.1, 0.15) is 335 Å². The molecule has 494 valence electrons. The number of carboxylic acid groups (broad SMARTS) is 1. The molecule has 0 aliphatic heterocycles. The number of carboxylic acids is 1. The number of aliphatic carboxylic acids is 1. The van der Waals surface area contributed by atoms with E-state index in [4.69, 9.17) is 18.9 Å². The zero-order valence-electron chi connectivity index (χ0n) is 56.5. The molecule has 0 aromatic heterocycles. The maximum absolute atomic E-state index is 12.9. The molecule has 0 aliphatic carbocycles. The van der Waals surface area contributed by atoms with Crippen molar-refractivity contribution in [2.24, 2.45) is 0 Å². The second kappa shape index (κ2) is 66.7. The van der Waals surface area contributed by atoms with E-state index in [2.05, 4.69) is 86.8 Å². The van der Waals surface area contributed by atoms with E-state index in [1.54, 1.807) is 0 Å². The van der Waals surface area contributed by atoms with Crippen LogP contribution in [-0.4, -0.2) is 87.4 Å². The number of hydrogen-bond donors (Lipinski definition) is 1. The first-order valence-corrected chi connectivity index (χ1v) is 36.1. The minimum Gasteiger partial charge on any atom is -0.477 e. The van der Waals surface area contributed by atoms with E-state index in [0.29, 0.717) is 23.9 Å². The highest BCUT2D eigenvalue weighted by atomic mass is 16.7. The highest BCUT2D eigenvalue weighted by Crippen LogP contribution is 2.18. The zero-order valence-corrected chi connectivity index (χ0v) is 56.5. The summed E-state index contributed by atoms with van der Waals surface area (Å²) >= 11 is 0. The number of unbranched alkanes of at least 4 members (excludes halogenated alkanes) is 40. The predicted molar refractivity (Wildman–Crippen MR) is 364 cm³/mol. The average Bonchev–Trinajstić information content (AvgIpc) is 3.49. The molecule has 0 radical (unpaired) electrons. The summed E-state index contributed by atoms with van der Waals surface area (Å²) in [5.41, 5.74) is 0. The molecule has 0 amide bonds. The molecule has 0 saturated carbocycles. The van der Waals surface area contributed by atoms with E-state index >= 15 is 0 Å². The van der Waals surface area contributed by atoms with Gasteiger partial charge in [-0.2, -0.15) is 0 Å². The van der Waals surface area contributed by atoms with Gasteiger partial charge < -0.3 is 28.5 Å². The van der Waals surface area contributed by atoms with Crippen molar-refractivity contribution in [1.82, 2.24) is 0 Å². The zero-order chi connectivity index (χ0) is 61.9. The van der Waals surface area contributed by atoms with Gasteiger partial charge in [-0.3, -0.25) is 9.59 Å². The molecule has 0 saturated heterocycles. The van der Waals surface area contributed by atoms with Crippen LogP contribution in [0.2, 0.25) is 0 Å². The molecule has 9 nitrogen and oxygen atoms in total. The molecule has 0 aromatic rings. The van der Waals surface area contributed by atoms with E-state index in [-0.39, 0.29) is 32.2 Å². The van der Waals surface area contributed by atoms with Gasteiger partial charge in [0.25, 0.3) is 6.29 Å². The van der Waals surface area contributed by atoms with Gasteiger partial charge in [-0.25, -0.2) is 4.79 Å². The number of likely N-dealkylation sites (N-methyl/N-ethyl adjacent to an activating group) is 1. The SMILES string of the molecule is CC/C=C\C/C=C\C/C=C\C/C=C\C/C=C\CCCCCCCCCCCC(=O)OC(COC(=O)CCCCCCCCCCCCCCCCCCCCCCCCC/C=C\CCCCCCCCCC)COC(OCC[N+](C)(C)C)C(=O)O. The third-order valence-corrected chi connectivity index (χ3v) is 15.9. The van der Waals surface area contributed by atoms with E-state index in [0.717, 1.165) is 77.0 Å². The van der Waals surface area contributed by atoms with Gasteiger partial charge in [-0.1, -0.05) is 311 Å². The Kier molecular flexibility index (Phi) is 64.1. The summed E-state index contributed by atoms with van der Waals surface area (Å²) in [4.78, 5) is 37.6. The van der Waals surface area contributed by atoms with Crippen molar-refractivity contribution in [2.45, 2.75) is 347 Å². The Morgan fingerprint density at radius 1 is 0.365 bits per heavy atom. The Morgan fingerprint density at radius 3 is 1.01 bits per heavy atom. The quantitative estimate of drug-likeness (QED) is 0.0211. The lowest BCUT2D eigenvalue weighted by Gasteiger charge is -2.25. The topological polar surface area (TPSA) is 108 Å². The molecule has 2 unspecified atom stereocenters. The van der Waals surface area contributed by atoms with Crippen LogP contribution in [0.15, 0.2) is 72.9 Å². The number of hydrogen-bond acceptors (Lipinski definition) is 7. The number of nitrogens with zero attached hydrogens (tertiary/aromatic N) is 1. The molecule has 9 heteroatoms. The lowest BCUT2D eigenvalue weighted by atomic mass is 10.0. The molecule has 0 aromatic carbocycles. The van der Waals surface area contributed by atoms with Crippen LogP contribution in [-0.2, 0) is 33.3 Å². The van der Waals surface area contributed by atoms with Gasteiger partial charge in [0.15, 0.2) is 6.10 Å². The summed E-state index contributed by atoms with van der Waals surface area (Å²) in [5, 5.41) is 9.75. The Balaban J connectivity index is 4.05. The van der Waals surface area contributed by atoms with Gasteiger partial charge >= 0.3 is 17.9 Å². The van der Waals surface area contributed by atoms with Gasteiger partial charge in [0.05, 0.1) is 34.4 Å². The fourth-order valence-electron chi connectivity index (χ4n) is 10.5. The number of carbonyl (C=O) groups excluding carboxylic acids is 2. The predicted octanol–water partition coefficient (Wildman–Crippen LogP) is 22.5. The lowest BCUT2D eigenvalue weighted by Crippen LogP contribution is -2.40. The number of ether oxygens (including phenoxy) is 4. The normalized spacial score (nSPS) is 13.1. The molecular formula is C76H138NO8+. The summed E-state index contributed by atoms with van der Waals surface area (Å²) in [6, 6.07) is 0. The van der Waals surface area contributed by atoms with E-state index in [1.165, 1.54) is 225 Å². The van der Waals surface area contributed by atoms with Crippen LogP contribution in [0.4, 0.5) is 0 Å². The van der Waals surface area contributed by atoms with Crippen LogP contribution in [0.25, 0.3) is 0 Å². The highest BCUT2D eigenvalue weighted by molar-refractivity contribution is 5.71. The summed E-state index contributed by atoms with van der Waals surface area (Å²) in [5.74, 6) is -2.00. The second-order valence-electron chi connectivity index (χ2n) is 25.5. The largest absolute Gasteiger partial charge is 0.477 e. The van der Waals surface area contributed by atoms with E-state index in [9.17, 15) is 19.5 Å². The summed E-state index contributed by atoms with van der Waals surface area (Å²) in [7, 11) is 5.98. The molecule has 1 N–H and O–H groups in total. The maximum atomic E-state index is 12.9. The van der Waals surface area contributed by atoms with Crippen molar-refractivity contribution in [1.29, 1.82) is 0 Å². The molecule has 85 heavy (non-hydrogen) atoms. The van der Waals surface area contributed by atoms with Crippen LogP contribution >= 0.6 is 0 Å². The average molecular weight is 1190 g/mol. The minimum atomic E-state index is -1.51. The molecule has 0 rings (SSSR count). The van der Waals surface area contributed by atoms with Crippen LogP contribution < -0.4 is 0 Å². The van der Waals surface area contributed by atoms with Crippen molar-refractivity contribution in [3.05, 3.63) is 72.9 Å². The van der Waals surface area contributed by atoms with Gasteiger partial charge in [0.2, 0.25) is 0 Å². The van der Waals surface area contributed by atoms with Gasteiger partial charge in [0, 0.05) is 12.8 Å². The molecule has 0 heterocycles. The first-order chi connectivity index (χ1) is 41.6.